The van der Waals surface area contributed by atoms with Crippen LogP contribution in [0.1, 0.15) is 5.56 Å². The Morgan fingerprint density at radius 3 is 1.52 bits per heavy atom. The summed E-state index contributed by atoms with van der Waals surface area (Å²) in [5.41, 5.74) is 1.12. The maximum Gasteiger partial charge on any atom is 0.161 e. The quantitative estimate of drug-likeness (QED) is 0.725. The predicted molar refractivity (Wildman–Crippen MR) is 85.4 cm³/mol. The summed E-state index contributed by atoms with van der Waals surface area (Å²) in [6.45, 7) is 7.31. The fourth-order valence-electron chi connectivity index (χ4n) is 2.03. The predicted octanol–water partition coefficient (Wildman–Crippen LogP) is 1.83. The second kappa shape index (κ2) is 11.2. The molecule has 1 heterocycles. The third-order valence-electron chi connectivity index (χ3n) is 3.19. The van der Waals surface area contributed by atoms with Crippen molar-refractivity contribution in [3.63, 3.8) is 0 Å². The van der Waals surface area contributed by atoms with Crippen LogP contribution in [0.4, 0.5) is 0 Å². The van der Waals surface area contributed by atoms with Gasteiger partial charge in [-0.3, -0.25) is 0 Å². The molecule has 0 spiro atoms. The van der Waals surface area contributed by atoms with Gasteiger partial charge in [-0.25, -0.2) is 0 Å². The lowest BCUT2D eigenvalue weighted by molar-refractivity contribution is -0.00841. The van der Waals surface area contributed by atoms with Gasteiger partial charge in [0.2, 0.25) is 0 Å². The Hall–Kier alpha value is -1.34. The summed E-state index contributed by atoms with van der Waals surface area (Å²) in [5, 5.41) is 0. The van der Waals surface area contributed by atoms with Gasteiger partial charge in [0.15, 0.2) is 11.5 Å². The first-order valence-corrected chi connectivity index (χ1v) is 8.03. The molecule has 0 aliphatic carbocycles. The van der Waals surface area contributed by atoms with Crippen LogP contribution in [0.25, 0.3) is 0 Å². The van der Waals surface area contributed by atoms with Crippen LogP contribution in [-0.4, -0.2) is 66.1 Å². The maximum atomic E-state index is 5.76. The molecule has 0 saturated heterocycles. The molecule has 0 saturated carbocycles. The number of hydrogen-bond donors (Lipinski definition) is 0. The topological polar surface area (TPSA) is 55.4 Å². The number of fused-ring (bicyclic) bond motifs is 1. The highest BCUT2D eigenvalue weighted by Crippen LogP contribution is 2.28. The molecule has 0 aromatic heterocycles. The molecule has 0 radical (unpaired) electrons. The molecule has 130 valence electrons. The van der Waals surface area contributed by atoms with E-state index in [1.807, 2.05) is 25.1 Å². The smallest absolute Gasteiger partial charge is 0.161 e. The first kappa shape index (κ1) is 18.0. The molecule has 6 nitrogen and oxygen atoms in total. The standard InChI is InChI=1S/C17H26O6/c1-15-2-3-16-17(14-15)23-13-11-21-9-7-19-5-4-18-6-8-20-10-12-22-16/h2-3,14H,4-13H2,1H3. The number of ether oxygens (including phenoxy) is 6. The molecule has 1 aliphatic rings. The monoisotopic (exact) mass is 326 g/mol. The molecule has 2 rings (SSSR count). The first-order chi connectivity index (χ1) is 11.4. The molecule has 0 atom stereocenters. The van der Waals surface area contributed by atoms with Crippen molar-refractivity contribution in [2.24, 2.45) is 0 Å². The Morgan fingerprint density at radius 2 is 1.00 bits per heavy atom. The van der Waals surface area contributed by atoms with Crippen LogP contribution in [0.3, 0.4) is 0 Å². The van der Waals surface area contributed by atoms with Crippen LogP contribution >= 0.6 is 0 Å². The van der Waals surface area contributed by atoms with Crippen LogP contribution in [0.2, 0.25) is 0 Å². The molecule has 1 aromatic rings. The minimum atomic E-state index is 0.471. The fourth-order valence-corrected chi connectivity index (χ4v) is 2.03. The van der Waals surface area contributed by atoms with Crippen LogP contribution in [-0.2, 0) is 18.9 Å². The Bertz CT molecular complexity index is 437. The molecule has 0 fully saturated rings. The van der Waals surface area contributed by atoms with E-state index in [2.05, 4.69) is 0 Å². The number of aryl methyl sites for hydroxylation is 1. The SMILES string of the molecule is Cc1ccc2c(c1)OCCOCCOCCOCCOCCO2. The van der Waals surface area contributed by atoms with E-state index in [1.54, 1.807) is 0 Å². The van der Waals surface area contributed by atoms with Crippen molar-refractivity contribution in [2.45, 2.75) is 6.92 Å². The van der Waals surface area contributed by atoms with Crippen LogP contribution in [0.15, 0.2) is 18.2 Å². The summed E-state index contributed by atoms with van der Waals surface area (Å²) in [5.74, 6) is 1.45. The second-order valence-electron chi connectivity index (χ2n) is 5.10. The zero-order valence-electron chi connectivity index (χ0n) is 13.8. The van der Waals surface area contributed by atoms with Crippen molar-refractivity contribution in [1.29, 1.82) is 0 Å². The summed E-state index contributed by atoms with van der Waals surface area (Å²) in [6.07, 6.45) is 0. The van der Waals surface area contributed by atoms with E-state index in [4.69, 9.17) is 28.4 Å². The number of hydrogen-bond acceptors (Lipinski definition) is 6. The third kappa shape index (κ3) is 7.65. The molecule has 1 aromatic carbocycles. The van der Waals surface area contributed by atoms with Crippen LogP contribution < -0.4 is 9.47 Å². The van der Waals surface area contributed by atoms with E-state index in [0.717, 1.165) is 17.1 Å². The maximum absolute atomic E-state index is 5.76. The summed E-state index contributed by atoms with van der Waals surface area (Å²) in [4.78, 5) is 0. The molecular formula is C17H26O6. The lowest BCUT2D eigenvalue weighted by Crippen LogP contribution is -2.16. The van der Waals surface area contributed by atoms with Gasteiger partial charge in [0.1, 0.15) is 13.2 Å². The van der Waals surface area contributed by atoms with E-state index in [1.165, 1.54) is 0 Å². The van der Waals surface area contributed by atoms with Gasteiger partial charge in [-0.05, 0) is 24.6 Å². The zero-order valence-corrected chi connectivity index (χ0v) is 13.8. The molecular weight excluding hydrogens is 300 g/mol. The Kier molecular flexibility index (Phi) is 8.80. The average Bonchev–Trinajstić information content (AvgIpc) is 2.55. The van der Waals surface area contributed by atoms with E-state index in [0.29, 0.717) is 66.1 Å². The highest BCUT2D eigenvalue weighted by atomic mass is 16.6. The van der Waals surface area contributed by atoms with Crippen molar-refractivity contribution in [2.75, 3.05) is 66.1 Å². The minimum Gasteiger partial charge on any atom is -0.487 e. The minimum absolute atomic E-state index is 0.471. The van der Waals surface area contributed by atoms with Crippen molar-refractivity contribution in [3.8, 4) is 11.5 Å². The Morgan fingerprint density at radius 1 is 0.565 bits per heavy atom. The summed E-state index contributed by atoms with van der Waals surface area (Å²) in [6, 6.07) is 5.88. The first-order valence-electron chi connectivity index (χ1n) is 8.03. The van der Waals surface area contributed by atoms with Crippen LogP contribution in [0.5, 0.6) is 11.5 Å². The van der Waals surface area contributed by atoms with Gasteiger partial charge in [-0.15, -0.1) is 0 Å². The fraction of sp³-hybridized carbons (Fsp3) is 0.647. The van der Waals surface area contributed by atoms with Crippen molar-refractivity contribution in [3.05, 3.63) is 23.8 Å². The average molecular weight is 326 g/mol. The molecule has 1 aliphatic heterocycles. The molecule has 6 heteroatoms. The van der Waals surface area contributed by atoms with Crippen molar-refractivity contribution < 1.29 is 28.4 Å². The highest BCUT2D eigenvalue weighted by molar-refractivity contribution is 5.42. The van der Waals surface area contributed by atoms with E-state index >= 15 is 0 Å². The van der Waals surface area contributed by atoms with E-state index in [-0.39, 0.29) is 0 Å². The van der Waals surface area contributed by atoms with Gasteiger partial charge in [-0.1, -0.05) is 6.07 Å². The normalized spacial score (nSPS) is 19.5. The largest absolute Gasteiger partial charge is 0.487 e. The summed E-state index contributed by atoms with van der Waals surface area (Å²) in [7, 11) is 0. The number of rotatable bonds is 0. The van der Waals surface area contributed by atoms with Gasteiger partial charge in [0.05, 0.1) is 52.9 Å². The van der Waals surface area contributed by atoms with Gasteiger partial charge in [0, 0.05) is 0 Å². The molecule has 23 heavy (non-hydrogen) atoms. The second-order valence-corrected chi connectivity index (χ2v) is 5.10. The van der Waals surface area contributed by atoms with E-state index in [9.17, 15) is 0 Å². The zero-order chi connectivity index (χ0) is 16.2. The Balaban J connectivity index is 1.84. The molecule has 0 bridgehead atoms. The highest BCUT2D eigenvalue weighted by Gasteiger charge is 2.06. The summed E-state index contributed by atoms with van der Waals surface area (Å²) >= 11 is 0. The summed E-state index contributed by atoms with van der Waals surface area (Å²) < 4.78 is 33.2. The van der Waals surface area contributed by atoms with Gasteiger partial charge in [-0.2, -0.15) is 0 Å². The number of benzene rings is 1. The van der Waals surface area contributed by atoms with Gasteiger partial charge >= 0.3 is 0 Å². The van der Waals surface area contributed by atoms with Gasteiger partial charge in [0.25, 0.3) is 0 Å². The Labute approximate surface area is 137 Å². The van der Waals surface area contributed by atoms with Crippen LogP contribution in [0, 0.1) is 6.92 Å². The lowest BCUT2D eigenvalue weighted by Gasteiger charge is -2.14. The van der Waals surface area contributed by atoms with Crippen molar-refractivity contribution >= 4 is 0 Å². The third-order valence-corrected chi connectivity index (χ3v) is 3.19. The van der Waals surface area contributed by atoms with Gasteiger partial charge < -0.3 is 28.4 Å². The van der Waals surface area contributed by atoms with Crippen molar-refractivity contribution in [1.82, 2.24) is 0 Å². The van der Waals surface area contributed by atoms with E-state index < -0.39 is 0 Å². The molecule has 0 unspecified atom stereocenters. The molecule has 0 N–H and O–H groups in total. The molecule has 0 amide bonds. The lowest BCUT2D eigenvalue weighted by atomic mass is 10.2.